The fourth-order valence-electron chi connectivity index (χ4n) is 1.90. The molecule has 0 aromatic heterocycles. The molecule has 1 rings (SSSR count). The van der Waals surface area contributed by atoms with Gasteiger partial charge >= 0.3 is 0 Å². The molecular formula is C8H16FN. The highest BCUT2D eigenvalue weighted by atomic mass is 19.2. The molecule has 0 aliphatic carbocycles. The van der Waals surface area contributed by atoms with Crippen LogP contribution in [0.5, 0.6) is 0 Å². The molecule has 1 heterocycles. The summed E-state index contributed by atoms with van der Waals surface area (Å²) in [5.74, 6) is 0.692. The second kappa shape index (κ2) is 2.87. The van der Waals surface area contributed by atoms with Crippen molar-refractivity contribution in [3.05, 3.63) is 0 Å². The number of halogens is 1. The first-order valence-corrected chi connectivity index (χ1v) is 4.05. The van der Waals surface area contributed by atoms with Crippen LogP contribution in [0.4, 0.5) is 4.48 Å². The molecule has 2 heteroatoms. The van der Waals surface area contributed by atoms with E-state index in [1.165, 1.54) is 0 Å². The molecule has 1 aliphatic rings. The minimum Gasteiger partial charge on any atom is -0.141 e. The highest BCUT2D eigenvalue weighted by molar-refractivity contribution is 4.77. The minimum atomic E-state index is 0.124. The van der Waals surface area contributed by atoms with Gasteiger partial charge in [0.15, 0.2) is 0 Å². The first-order valence-electron chi connectivity index (χ1n) is 4.05. The van der Waals surface area contributed by atoms with E-state index in [0.717, 1.165) is 18.0 Å². The summed E-state index contributed by atoms with van der Waals surface area (Å²) >= 11 is 0. The number of rotatable bonds is 0. The highest BCUT2D eigenvalue weighted by Gasteiger charge is 2.28. The molecule has 0 spiro atoms. The molecule has 0 radical (unpaired) electrons. The van der Waals surface area contributed by atoms with Gasteiger partial charge in [0.1, 0.15) is 0 Å². The van der Waals surface area contributed by atoms with Crippen molar-refractivity contribution >= 4 is 0 Å². The molecule has 0 aromatic rings. The quantitative estimate of drug-likeness (QED) is 0.473. The van der Waals surface area contributed by atoms with Crippen molar-refractivity contribution in [1.29, 1.82) is 0 Å². The number of hydrogen-bond donors (Lipinski definition) is 0. The lowest BCUT2D eigenvalue weighted by Crippen LogP contribution is -2.40. The largest absolute Gasteiger partial charge is 0.141 e. The summed E-state index contributed by atoms with van der Waals surface area (Å²) in [5, 5.41) is 0.986. The second-order valence-corrected chi connectivity index (χ2v) is 3.62. The van der Waals surface area contributed by atoms with Gasteiger partial charge < -0.3 is 0 Å². The number of piperidine rings is 1. The molecule has 0 N–H and O–H groups in total. The van der Waals surface area contributed by atoms with Gasteiger partial charge in [0.05, 0.1) is 0 Å². The lowest BCUT2D eigenvalue weighted by atomic mass is 9.90. The van der Waals surface area contributed by atoms with Crippen LogP contribution < -0.4 is 0 Å². The Morgan fingerprint density at radius 2 is 1.50 bits per heavy atom. The van der Waals surface area contributed by atoms with E-state index in [1.807, 2.05) is 13.8 Å². The predicted molar refractivity (Wildman–Crippen MR) is 40.3 cm³/mol. The van der Waals surface area contributed by atoms with Gasteiger partial charge in [0.2, 0.25) is 0 Å². The molecule has 2 atom stereocenters. The fraction of sp³-hybridized carbons (Fsp3) is 1.00. The molecular weight excluding hydrogens is 129 g/mol. The van der Waals surface area contributed by atoms with Crippen molar-refractivity contribution in [1.82, 2.24) is 5.12 Å². The van der Waals surface area contributed by atoms with Crippen LogP contribution in [0.25, 0.3) is 0 Å². The van der Waals surface area contributed by atoms with Gasteiger partial charge in [0.25, 0.3) is 0 Å². The van der Waals surface area contributed by atoms with E-state index in [-0.39, 0.29) is 12.1 Å². The van der Waals surface area contributed by atoms with Crippen LogP contribution in [0.1, 0.15) is 33.6 Å². The van der Waals surface area contributed by atoms with Crippen LogP contribution in [0.3, 0.4) is 0 Å². The molecule has 2 unspecified atom stereocenters. The summed E-state index contributed by atoms with van der Waals surface area (Å²) in [6.07, 6.45) is 2.00. The SMILES string of the molecule is CC1CC(C)N(F)C(C)C1. The van der Waals surface area contributed by atoms with Crippen LogP contribution in [0.2, 0.25) is 0 Å². The zero-order valence-corrected chi connectivity index (χ0v) is 6.97. The van der Waals surface area contributed by atoms with E-state index in [9.17, 15) is 4.48 Å². The van der Waals surface area contributed by atoms with Crippen molar-refractivity contribution < 1.29 is 4.48 Å². The molecule has 1 nitrogen and oxygen atoms in total. The summed E-state index contributed by atoms with van der Waals surface area (Å²) in [4.78, 5) is 0. The minimum absolute atomic E-state index is 0.124. The maximum absolute atomic E-state index is 13.0. The van der Waals surface area contributed by atoms with Crippen LogP contribution in [0.15, 0.2) is 0 Å². The number of nitrogens with zero attached hydrogens (tertiary/aromatic N) is 1. The topological polar surface area (TPSA) is 3.24 Å². The molecule has 60 valence electrons. The fourth-order valence-corrected chi connectivity index (χ4v) is 1.90. The van der Waals surface area contributed by atoms with Crippen molar-refractivity contribution in [3.63, 3.8) is 0 Å². The van der Waals surface area contributed by atoms with Gasteiger partial charge in [-0.15, -0.1) is 9.60 Å². The monoisotopic (exact) mass is 145 g/mol. The average Bonchev–Trinajstić information content (AvgIpc) is 1.82. The van der Waals surface area contributed by atoms with Gasteiger partial charge in [0, 0.05) is 12.1 Å². The normalized spacial score (nSPS) is 43.8. The van der Waals surface area contributed by atoms with Crippen molar-refractivity contribution in [2.45, 2.75) is 45.7 Å². The Bertz CT molecular complexity index is 104. The van der Waals surface area contributed by atoms with Gasteiger partial charge in [-0.1, -0.05) is 6.92 Å². The Morgan fingerprint density at radius 3 is 1.90 bits per heavy atom. The van der Waals surface area contributed by atoms with Crippen molar-refractivity contribution in [2.24, 2.45) is 5.92 Å². The summed E-state index contributed by atoms with van der Waals surface area (Å²) < 4.78 is 13.0. The summed E-state index contributed by atoms with van der Waals surface area (Å²) in [5.41, 5.74) is 0. The zero-order valence-electron chi connectivity index (χ0n) is 6.97. The molecule has 1 saturated heterocycles. The Labute approximate surface area is 62.1 Å². The lowest BCUT2D eigenvalue weighted by molar-refractivity contribution is -0.0880. The molecule has 0 bridgehead atoms. The van der Waals surface area contributed by atoms with Gasteiger partial charge in [-0.2, -0.15) is 0 Å². The van der Waals surface area contributed by atoms with Gasteiger partial charge in [-0.3, -0.25) is 0 Å². The Balaban J connectivity index is 2.49. The van der Waals surface area contributed by atoms with Crippen LogP contribution in [-0.4, -0.2) is 17.2 Å². The first-order chi connectivity index (χ1) is 4.61. The molecule has 0 saturated carbocycles. The average molecular weight is 145 g/mol. The third-order valence-corrected chi connectivity index (χ3v) is 2.33. The van der Waals surface area contributed by atoms with Crippen LogP contribution in [-0.2, 0) is 0 Å². The molecule has 0 amide bonds. The molecule has 1 fully saturated rings. The second-order valence-electron chi connectivity index (χ2n) is 3.62. The van der Waals surface area contributed by atoms with E-state index in [4.69, 9.17) is 0 Å². The first kappa shape index (κ1) is 7.99. The standard InChI is InChI=1S/C8H16FN/c1-6-4-7(2)10(9)8(3)5-6/h6-8H,4-5H2,1-3H3. The van der Waals surface area contributed by atoms with Gasteiger partial charge in [-0.05, 0) is 32.6 Å². The van der Waals surface area contributed by atoms with Crippen molar-refractivity contribution in [3.8, 4) is 0 Å². The lowest BCUT2D eigenvalue weighted by Gasteiger charge is -2.34. The molecule has 1 aliphatic heterocycles. The predicted octanol–water partition coefficient (Wildman–Crippen LogP) is 2.38. The van der Waals surface area contributed by atoms with E-state index in [0.29, 0.717) is 5.92 Å². The van der Waals surface area contributed by atoms with Gasteiger partial charge in [-0.25, -0.2) is 0 Å². The Hall–Kier alpha value is -0.110. The third-order valence-electron chi connectivity index (χ3n) is 2.33. The van der Waals surface area contributed by atoms with E-state index < -0.39 is 0 Å². The zero-order chi connectivity index (χ0) is 7.72. The third kappa shape index (κ3) is 1.48. The van der Waals surface area contributed by atoms with E-state index in [1.54, 1.807) is 0 Å². The maximum Gasteiger partial charge on any atom is 0.0379 e. The van der Waals surface area contributed by atoms with E-state index >= 15 is 0 Å². The Morgan fingerprint density at radius 1 is 1.10 bits per heavy atom. The maximum atomic E-state index is 13.0. The van der Waals surface area contributed by atoms with Crippen LogP contribution in [0, 0.1) is 5.92 Å². The smallest absolute Gasteiger partial charge is 0.0379 e. The van der Waals surface area contributed by atoms with Crippen LogP contribution >= 0.6 is 0 Å². The summed E-state index contributed by atoms with van der Waals surface area (Å²) in [6, 6.07) is 0.248. The molecule has 0 aromatic carbocycles. The molecule has 10 heavy (non-hydrogen) atoms. The van der Waals surface area contributed by atoms with E-state index in [2.05, 4.69) is 6.92 Å². The number of hydrogen-bond acceptors (Lipinski definition) is 1. The highest BCUT2D eigenvalue weighted by Crippen LogP contribution is 2.26. The van der Waals surface area contributed by atoms with Crippen molar-refractivity contribution in [2.75, 3.05) is 0 Å². The Kier molecular flexibility index (Phi) is 2.29. The summed E-state index contributed by atoms with van der Waals surface area (Å²) in [7, 11) is 0. The summed E-state index contributed by atoms with van der Waals surface area (Å²) in [6.45, 7) is 6.10.